The third kappa shape index (κ3) is 3.36. The molecule has 1 heterocycles. The van der Waals surface area contributed by atoms with Crippen LogP contribution < -0.4 is 10.0 Å². The first-order valence-corrected chi connectivity index (χ1v) is 8.44. The summed E-state index contributed by atoms with van der Waals surface area (Å²) < 4.78 is 36.7. The number of sulfonamides is 1. The summed E-state index contributed by atoms with van der Waals surface area (Å²) in [4.78, 5) is 13.2. The Bertz CT molecular complexity index is 663. The Morgan fingerprint density at radius 1 is 1.50 bits per heavy atom. The maximum absolute atomic E-state index is 14.0. The zero-order chi connectivity index (χ0) is 15.1. The van der Waals surface area contributed by atoms with E-state index in [4.69, 9.17) is 5.14 Å². The van der Waals surface area contributed by atoms with Crippen LogP contribution in [0, 0.1) is 18.7 Å². The fraction of sp³-hybridized carbons (Fsp3) is 0.417. The topological polar surface area (TPSA) is 80.5 Å². The van der Waals surface area contributed by atoms with Crippen LogP contribution in [0.4, 0.5) is 10.1 Å². The predicted octanol–water partition coefficient (Wildman–Crippen LogP) is 1.54. The number of nitrogens with zero attached hydrogens (tertiary/aromatic N) is 1. The van der Waals surface area contributed by atoms with E-state index in [9.17, 15) is 17.6 Å². The number of carbonyl (C=O) groups is 1. The number of carbonyl (C=O) groups excluding carboxylic acids is 1. The van der Waals surface area contributed by atoms with E-state index in [-0.39, 0.29) is 30.3 Å². The molecule has 0 aromatic heterocycles. The number of anilines is 1. The number of nitrogens with two attached hydrogens (primary N) is 1. The van der Waals surface area contributed by atoms with Crippen LogP contribution >= 0.6 is 15.9 Å². The summed E-state index contributed by atoms with van der Waals surface area (Å²) in [6.07, 6.45) is 0.0605. The molecule has 1 unspecified atom stereocenters. The van der Waals surface area contributed by atoms with E-state index in [0.717, 1.165) is 5.56 Å². The molecule has 0 radical (unpaired) electrons. The molecule has 2 rings (SSSR count). The molecule has 0 spiro atoms. The summed E-state index contributed by atoms with van der Waals surface area (Å²) in [6, 6.07) is 2.86. The van der Waals surface area contributed by atoms with E-state index >= 15 is 0 Å². The van der Waals surface area contributed by atoms with Crippen molar-refractivity contribution in [3.8, 4) is 0 Å². The van der Waals surface area contributed by atoms with Crippen LogP contribution in [-0.2, 0) is 14.8 Å². The fourth-order valence-corrected chi connectivity index (χ4v) is 3.50. The van der Waals surface area contributed by atoms with Gasteiger partial charge in [-0.1, -0.05) is 15.9 Å². The second-order valence-corrected chi connectivity index (χ2v) is 7.47. The minimum atomic E-state index is -3.64. The number of halogens is 2. The van der Waals surface area contributed by atoms with Crippen LogP contribution in [0.3, 0.4) is 0 Å². The molecular weight excluding hydrogens is 351 g/mol. The molecule has 8 heteroatoms. The van der Waals surface area contributed by atoms with Gasteiger partial charge in [0.2, 0.25) is 15.9 Å². The van der Waals surface area contributed by atoms with Crippen LogP contribution in [0.5, 0.6) is 0 Å². The molecule has 0 aliphatic carbocycles. The van der Waals surface area contributed by atoms with E-state index in [0.29, 0.717) is 4.47 Å². The summed E-state index contributed by atoms with van der Waals surface area (Å²) in [7, 11) is -3.64. The SMILES string of the molecule is Cc1cc(N2CC(CS(N)(=O)=O)CC2=O)c(F)cc1Br. The lowest BCUT2D eigenvalue weighted by Crippen LogP contribution is -2.28. The molecule has 0 bridgehead atoms. The van der Waals surface area contributed by atoms with Gasteiger partial charge in [0.15, 0.2) is 0 Å². The highest BCUT2D eigenvalue weighted by Gasteiger charge is 2.34. The summed E-state index contributed by atoms with van der Waals surface area (Å²) in [5.41, 5.74) is 0.969. The minimum Gasteiger partial charge on any atom is -0.309 e. The van der Waals surface area contributed by atoms with Gasteiger partial charge in [-0.3, -0.25) is 4.79 Å². The average Bonchev–Trinajstić information content (AvgIpc) is 2.62. The molecule has 1 aromatic rings. The second kappa shape index (κ2) is 5.42. The van der Waals surface area contributed by atoms with Crippen LogP contribution in [0.2, 0.25) is 0 Å². The van der Waals surface area contributed by atoms with Gasteiger partial charge in [0.05, 0.1) is 11.4 Å². The van der Waals surface area contributed by atoms with Gasteiger partial charge >= 0.3 is 0 Å². The summed E-state index contributed by atoms with van der Waals surface area (Å²) in [6.45, 7) is 1.95. The smallest absolute Gasteiger partial charge is 0.227 e. The Hall–Kier alpha value is -0.990. The molecule has 1 aliphatic rings. The molecule has 5 nitrogen and oxygen atoms in total. The van der Waals surface area contributed by atoms with E-state index in [2.05, 4.69) is 15.9 Å². The average molecular weight is 365 g/mol. The number of hydrogen-bond acceptors (Lipinski definition) is 3. The zero-order valence-electron chi connectivity index (χ0n) is 10.8. The Kier molecular flexibility index (Phi) is 4.17. The largest absolute Gasteiger partial charge is 0.309 e. The van der Waals surface area contributed by atoms with E-state index in [1.165, 1.54) is 11.0 Å². The van der Waals surface area contributed by atoms with Crippen LogP contribution in [0.15, 0.2) is 16.6 Å². The van der Waals surface area contributed by atoms with Gasteiger partial charge in [0.25, 0.3) is 0 Å². The highest BCUT2D eigenvalue weighted by Crippen LogP contribution is 2.31. The van der Waals surface area contributed by atoms with Crippen molar-refractivity contribution in [1.29, 1.82) is 0 Å². The van der Waals surface area contributed by atoms with Gasteiger partial charge in [-0.2, -0.15) is 0 Å². The van der Waals surface area contributed by atoms with Gasteiger partial charge in [-0.05, 0) is 24.6 Å². The Balaban J connectivity index is 2.26. The molecule has 1 amide bonds. The van der Waals surface area contributed by atoms with Gasteiger partial charge in [0, 0.05) is 23.4 Å². The number of rotatable bonds is 3. The quantitative estimate of drug-likeness (QED) is 0.882. The van der Waals surface area contributed by atoms with Crippen molar-refractivity contribution in [1.82, 2.24) is 0 Å². The molecule has 1 fully saturated rings. The molecule has 2 N–H and O–H groups in total. The molecule has 1 saturated heterocycles. The van der Waals surface area contributed by atoms with Gasteiger partial charge in [-0.25, -0.2) is 17.9 Å². The van der Waals surface area contributed by atoms with Gasteiger partial charge in [0.1, 0.15) is 5.82 Å². The van der Waals surface area contributed by atoms with E-state index < -0.39 is 21.8 Å². The van der Waals surface area contributed by atoms with Crippen molar-refractivity contribution in [3.63, 3.8) is 0 Å². The molecule has 20 heavy (non-hydrogen) atoms. The lowest BCUT2D eigenvalue weighted by molar-refractivity contribution is -0.117. The number of hydrogen-bond donors (Lipinski definition) is 1. The minimum absolute atomic E-state index is 0.0605. The molecule has 1 atom stereocenters. The van der Waals surface area contributed by atoms with Crippen molar-refractivity contribution in [2.24, 2.45) is 11.1 Å². The third-order valence-corrected chi connectivity index (χ3v) is 4.98. The van der Waals surface area contributed by atoms with E-state index in [1.807, 2.05) is 0 Å². The molecular formula is C12H14BrFN2O3S. The maximum atomic E-state index is 14.0. The number of primary sulfonamides is 1. The first kappa shape index (κ1) is 15.4. The lowest BCUT2D eigenvalue weighted by Gasteiger charge is -2.18. The van der Waals surface area contributed by atoms with Crippen molar-refractivity contribution in [2.75, 3.05) is 17.2 Å². The summed E-state index contributed by atoms with van der Waals surface area (Å²) in [5, 5.41) is 4.98. The fourth-order valence-electron chi connectivity index (χ4n) is 2.30. The molecule has 110 valence electrons. The number of aryl methyl sites for hydroxylation is 1. The Morgan fingerprint density at radius 2 is 2.15 bits per heavy atom. The van der Waals surface area contributed by atoms with Crippen molar-refractivity contribution < 1.29 is 17.6 Å². The van der Waals surface area contributed by atoms with Crippen LogP contribution in [0.25, 0.3) is 0 Å². The Morgan fingerprint density at radius 3 is 2.75 bits per heavy atom. The molecule has 1 aliphatic heterocycles. The first-order valence-electron chi connectivity index (χ1n) is 5.94. The maximum Gasteiger partial charge on any atom is 0.227 e. The number of amides is 1. The van der Waals surface area contributed by atoms with Crippen LogP contribution in [0.1, 0.15) is 12.0 Å². The summed E-state index contributed by atoms with van der Waals surface area (Å²) >= 11 is 3.22. The third-order valence-electron chi connectivity index (χ3n) is 3.19. The predicted molar refractivity (Wildman–Crippen MR) is 77.3 cm³/mol. The van der Waals surface area contributed by atoms with Crippen molar-refractivity contribution in [2.45, 2.75) is 13.3 Å². The molecule has 1 aromatic carbocycles. The van der Waals surface area contributed by atoms with Gasteiger partial charge in [-0.15, -0.1) is 0 Å². The lowest BCUT2D eigenvalue weighted by atomic mass is 10.1. The van der Waals surface area contributed by atoms with Crippen molar-refractivity contribution >= 4 is 37.5 Å². The monoisotopic (exact) mass is 364 g/mol. The normalized spacial score (nSPS) is 19.7. The standard InChI is InChI=1S/C12H14BrFN2O3S/c1-7-2-11(10(14)4-9(7)13)16-5-8(3-12(16)17)6-20(15,18)19/h2,4,8H,3,5-6H2,1H3,(H2,15,18,19). The molecule has 0 saturated carbocycles. The van der Waals surface area contributed by atoms with Crippen LogP contribution in [-0.4, -0.2) is 26.6 Å². The Labute approximate surface area is 125 Å². The highest BCUT2D eigenvalue weighted by atomic mass is 79.9. The van der Waals surface area contributed by atoms with Gasteiger partial charge < -0.3 is 4.90 Å². The summed E-state index contributed by atoms with van der Waals surface area (Å²) in [5.74, 6) is -1.49. The van der Waals surface area contributed by atoms with E-state index in [1.54, 1.807) is 13.0 Å². The second-order valence-electron chi connectivity index (χ2n) is 4.96. The highest BCUT2D eigenvalue weighted by molar-refractivity contribution is 9.10. The number of benzene rings is 1. The first-order chi connectivity index (χ1) is 9.17. The van der Waals surface area contributed by atoms with Crippen molar-refractivity contribution in [3.05, 3.63) is 28.0 Å². The zero-order valence-corrected chi connectivity index (χ0v) is 13.2.